The molecule has 0 aromatic heterocycles. The van der Waals surface area contributed by atoms with Gasteiger partial charge in [0.15, 0.2) is 5.60 Å². The molecular weight excluding hydrogens is 327 g/mol. The van der Waals surface area contributed by atoms with Crippen LogP contribution in [0.2, 0.25) is 0 Å². The summed E-state index contributed by atoms with van der Waals surface area (Å²) in [6.45, 7) is 5.08. The summed E-state index contributed by atoms with van der Waals surface area (Å²) in [5.41, 5.74) is -0.501. The molecule has 0 amide bonds. The highest BCUT2D eigenvalue weighted by Gasteiger charge is 2.44. The largest absolute Gasteiger partial charge is 0.461 e. The zero-order chi connectivity index (χ0) is 18.7. The molecule has 1 aliphatic rings. The third-order valence-electron chi connectivity index (χ3n) is 3.75. The molecule has 0 spiro atoms. The van der Waals surface area contributed by atoms with Crippen molar-refractivity contribution in [2.45, 2.75) is 39.2 Å². The molecule has 1 aromatic carbocycles. The number of carbonyl (C=O) groups is 2. The lowest BCUT2D eigenvalue weighted by Gasteiger charge is -2.25. The first-order chi connectivity index (χ1) is 11.6. The summed E-state index contributed by atoms with van der Waals surface area (Å²) in [4.78, 5) is 23.9. The van der Waals surface area contributed by atoms with Gasteiger partial charge in [0.2, 0.25) is 0 Å². The molecule has 5 nitrogen and oxygen atoms in total. The van der Waals surface area contributed by atoms with Gasteiger partial charge in [-0.15, -0.1) is 0 Å². The summed E-state index contributed by atoms with van der Waals surface area (Å²) >= 11 is 0. The van der Waals surface area contributed by atoms with Crippen LogP contribution in [0.5, 0.6) is 0 Å². The molecule has 1 heterocycles. The third-order valence-corrected chi connectivity index (χ3v) is 3.75. The van der Waals surface area contributed by atoms with Crippen LogP contribution in [0.3, 0.4) is 0 Å². The number of aliphatic hydroxyl groups excluding tert-OH is 1. The maximum Gasteiger partial charge on any atom is 0.334 e. The van der Waals surface area contributed by atoms with E-state index in [1.165, 1.54) is 24.3 Å². The highest BCUT2D eigenvalue weighted by Crippen LogP contribution is 2.32. The van der Waals surface area contributed by atoms with Gasteiger partial charge in [0, 0.05) is 12.0 Å². The maximum atomic E-state index is 13.0. The minimum atomic E-state index is -1.27. The molecule has 1 aliphatic heterocycles. The molecule has 1 N–H and O–H groups in total. The van der Waals surface area contributed by atoms with Gasteiger partial charge in [0.25, 0.3) is 0 Å². The van der Waals surface area contributed by atoms with Crippen LogP contribution in [0.15, 0.2) is 29.8 Å². The van der Waals surface area contributed by atoms with Gasteiger partial charge in [-0.3, -0.25) is 4.79 Å². The topological polar surface area (TPSA) is 72.8 Å². The number of carbonyl (C=O) groups excluding carboxylic acids is 2. The first-order valence-electron chi connectivity index (χ1n) is 8.08. The van der Waals surface area contributed by atoms with Crippen LogP contribution >= 0.6 is 0 Å². The summed E-state index contributed by atoms with van der Waals surface area (Å²) in [5.74, 6) is -1.36. The number of ether oxygens (including phenoxy) is 2. The Hall–Kier alpha value is -2.21. The minimum absolute atomic E-state index is 0.114. The molecule has 0 aliphatic carbocycles. The second-order valence-electron chi connectivity index (χ2n) is 7.53. The molecule has 25 heavy (non-hydrogen) atoms. The van der Waals surface area contributed by atoms with Gasteiger partial charge in [-0.2, -0.15) is 0 Å². The van der Waals surface area contributed by atoms with E-state index in [9.17, 15) is 19.1 Å². The highest BCUT2D eigenvalue weighted by molar-refractivity contribution is 5.96. The van der Waals surface area contributed by atoms with Gasteiger partial charge in [0.1, 0.15) is 12.4 Å². The Balaban J connectivity index is 2.06. The second kappa shape index (κ2) is 7.35. The Kier molecular flexibility index (Phi) is 5.62. The monoisotopic (exact) mass is 350 g/mol. The smallest absolute Gasteiger partial charge is 0.334 e. The van der Waals surface area contributed by atoms with Crippen molar-refractivity contribution in [2.75, 3.05) is 13.2 Å². The molecule has 1 unspecified atom stereocenters. The van der Waals surface area contributed by atoms with E-state index in [0.717, 1.165) is 0 Å². The number of halogens is 1. The molecule has 136 valence electrons. The van der Waals surface area contributed by atoms with E-state index < -0.39 is 24.1 Å². The highest BCUT2D eigenvalue weighted by atomic mass is 19.1. The lowest BCUT2D eigenvalue weighted by atomic mass is 9.92. The summed E-state index contributed by atoms with van der Waals surface area (Å²) in [6, 6.07) is 5.66. The predicted molar refractivity (Wildman–Crippen MR) is 89.9 cm³/mol. The number of benzene rings is 1. The zero-order valence-electron chi connectivity index (χ0n) is 14.7. The maximum absolute atomic E-state index is 13.0. The van der Waals surface area contributed by atoms with Gasteiger partial charge < -0.3 is 14.6 Å². The number of hydrogen-bond donors (Lipinski definition) is 1. The van der Waals surface area contributed by atoms with Crippen molar-refractivity contribution in [3.63, 3.8) is 0 Å². The van der Waals surface area contributed by atoms with E-state index in [1.807, 2.05) is 20.8 Å². The van der Waals surface area contributed by atoms with Crippen LogP contribution in [0.25, 0.3) is 6.08 Å². The standard InChI is InChI=1S/C19H23FO5/c1-18(2,3)10-16(22)24-12-19(11-21)9-14(17(23)25-19)8-13-4-6-15(20)7-5-13/h4-8,21H,9-12H2,1-3H3/b14-8-. The van der Waals surface area contributed by atoms with Crippen molar-refractivity contribution in [1.29, 1.82) is 0 Å². The van der Waals surface area contributed by atoms with E-state index in [4.69, 9.17) is 9.47 Å². The van der Waals surface area contributed by atoms with Crippen molar-refractivity contribution in [2.24, 2.45) is 5.41 Å². The lowest BCUT2D eigenvalue weighted by molar-refractivity contribution is -0.167. The van der Waals surface area contributed by atoms with Gasteiger partial charge in [-0.1, -0.05) is 32.9 Å². The molecule has 6 heteroatoms. The molecule has 2 rings (SSSR count). The van der Waals surface area contributed by atoms with E-state index in [-0.39, 0.29) is 30.7 Å². The van der Waals surface area contributed by atoms with Gasteiger partial charge in [-0.05, 0) is 29.2 Å². The summed E-state index contributed by atoms with van der Waals surface area (Å²) < 4.78 is 23.4. The Morgan fingerprint density at radius 2 is 2.00 bits per heavy atom. The summed E-state index contributed by atoms with van der Waals surface area (Å²) in [6.07, 6.45) is 1.92. The van der Waals surface area contributed by atoms with Crippen LogP contribution in [0, 0.1) is 11.2 Å². The Bertz CT molecular complexity index is 672. The molecule has 1 fully saturated rings. The van der Waals surface area contributed by atoms with Crippen molar-refractivity contribution in [3.8, 4) is 0 Å². The number of rotatable bonds is 5. The van der Waals surface area contributed by atoms with Crippen LogP contribution in [0.1, 0.15) is 39.2 Å². The third kappa shape index (κ3) is 5.39. The average Bonchev–Trinajstić information content (AvgIpc) is 2.83. The summed E-state index contributed by atoms with van der Waals surface area (Å²) in [5, 5.41) is 9.65. The number of hydrogen-bond acceptors (Lipinski definition) is 5. The normalized spacial score (nSPS) is 22.1. The molecule has 1 saturated heterocycles. The van der Waals surface area contributed by atoms with Gasteiger partial charge >= 0.3 is 11.9 Å². The van der Waals surface area contributed by atoms with Crippen LogP contribution in [0.4, 0.5) is 4.39 Å². The Morgan fingerprint density at radius 1 is 1.36 bits per heavy atom. The number of esters is 2. The first kappa shape index (κ1) is 19.1. The predicted octanol–water partition coefficient (Wildman–Crippen LogP) is 2.87. The van der Waals surface area contributed by atoms with Gasteiger partial charge in [-0.25, -0.2) is 9.18 Å². The van der Waals surface area contributed by atoms with E-state index in [1.54, 1.807) is 6.08 Å². The van der Waals surface area contributed by atoms with E-state index >= 15 is 0 Å². The molecule has 1 atom stereocenters. The van der Waals surface area contributed by atoms with Crippen molar-refractivity contribution < 1.29 is 28.6 Å². The second-order valence-corrected chi connectivity index (χ2v) is 7.53. The average molecular weight is 350 g/mol. The SMILES string of the molecule is CC(C)(C)CC(=O)OCC1(CO)C/C(=C/c2ccc(F)cc2)C(=O)O1. The molecule has 0 bridgehead atoms. The number of aliphatic hydroxyl groups is 1. The molecule has 0 radical (unpaired) electrons. The molecule has 1 aromatic rings. The lowest BCUT2D eigenvalue weighted by Crippen LogP contribution is -2.39. The van der Waals surface area contributed by atoms with Crippen LogP contribution in [-0.4, -0.2) is 35.9 Å². The summed E-state index contributed by atoms with van der Waals surface area (Å²) in [7, 11) is 0. The fourth-order valence-electron chi connectivity index (χ4n) is 2.50. The van der Waals surface area contributed by atoms with E-state index in [0.29, 0.717) is 11.1 Å². The fourth-order valence-corrected chi connectivity index (χ4v) is 2.50. The van der Waals surface area contributed by atoms with Crippen LogP contribution in [-0.2, 0) is 19.1 Å². The fraction of sp³-hybridized carbons (Fsp3) is 0.474. The molecular formula is C19H23FO5. The van der Waals surface area contributed by atoms with Crippen molar-refractivity contribution in [1.82, 2.24) is 0 Å². The Labute approximate surface area is 146 Å². The van der Waals surface area contributed by atoms with Gasteiger partial charge in [0.05, 0.1) is 13.0 Å². The Morgan fingerprint density at radius 3 is 2.56 bits per heavy atom. The van der Waals surface area contributed by atoms with Crippen molar-refractivity contribution in [3.05, 3.63) is 41.2 Å². The minimum Gasteiger partial charge on any atom is -0.461 e. The van der Waals surface area contributed by atoms with Crippen molar-refractivity contribution >= 4 is 18.0 Å². The molecule has 0 saturated carbocycles. The zero-order valence-corrected chi connectivity index (χ0v) is 14.7. The van der Waals surface area contributed by atoms with E-state index in [2.05, 4.69) is 0 Å². The van der Waals surface area contributed by atoms with Crippen LogP contribution < -0.4 is 0 Å². The first-order valence-corrected chi connectivity index (χ1v) is 8.08. The number of cyclic esters (lactones) is 1. The quantitative estimate of drug-likeness (QED) is 0.653.